The van der Waals surface area contributed by atoms with Crippen LogP contribution in [0.15, 0.2) is 141 Å². The summed E-state index contributed by atoms with van der Waals surface area (Å²) in [6.45, 7) is 1.94. The molecular weight excluding hydrogens is 684 g/mol. The quantitative estimate of drug-likeness (QED) is 0.101. The van der Waals surface area contributed by atoms with Crippen LogP contribution in [0.25, 0.3) is 27.8 Å². The first-order valence-electron chi connectivity index (χ1n) is 13.9. The van der Waals surface area contributed by atoms with Crippen LogP contribution in [0.3, 0.4) is 0 Å². The highest BCUT2D eigenvalue weighted by Crippen LogP contribution is 2.43. The van der Waals surface area contributed by atoms with E-state index in [9.17, 15) is 4.79 Å². The largest absolute Gasteiger partial charge is 0.481 e. The van der Waals surface area contributed by atoms with Crippen molar-refractivity contribution in [2.45, 2.75) is 11.8 Å². The first-order chi connectivity index (χ1) is 21.0. The molecule has 0 radical (unpaired) electrons. The van der Waals surface area contributed by atoms with Gasteiger partial charge in [0.1, 0.15) is 5.75 Å². The Hall–Kier alpha value is -3.58. The highest BCUT2D eigenvalue weighted by Gasteiger charge is 2.18. The molecule has 0 atom stereocenters. The van der Waals surface area contributed by atoms with Gasteiger partial charge < -0.3 is 9.47 Å². The Bertz CT molecular complexity index is 1580. The van der Waals surface area contributed by atoms with Gasteiger partial charge in [-0.05, 0) is 71.1 Å². The maximum Gasteiger partial charge on any atom is 0.344 e. The van der Waals surface area contributed by atoms with Crippen molar-refractivity contribution in [1.82, 2.24) is 0 Å². The van der Waals surface area contributed by atoms with Crippen molar-refractivity contribution in [3.8, 4) is 28.0 Å². The van der Waals surface area contributed by atoms with Crippen LogP contribution in [0.1, 0.15) is 18.1 Å². The molecule has 5 aromatic rings. The number of benzene rings is 5. The average molecular weight is 715 g/mol. The van der Waals surface area contributed by atoms with Gasteiger partial charge in [-0.15, -0.1) is 11.8 Å². The molecule has 0 spiro atoms. The minimum Gasteiger partial charge on any atom is -0.481 e. The number of hydrogen-bond acceptors (Lipinski definition) is 4. The molecule has 3 nitrogen and oxygen atoms in total. The fourth-order valence-electron chi connectivity index (χ4n) is 4.72. The fourth-order valence-corrected chi connectivity index (χ4v) is 6.10. The zero-order chi connectivity index (χ0) is 30.0. The van der Waals surface area contributed by atoms with E-state index >= 15 is 0 Å². The van der Waals surface area contributed by atoms with Crippen molar-refractivity contribution in [3.05, 3.63) is 147 Å². The number of carbonyl (C=O) groups is 1. The lowest BCUT2D eigenvalue weighted by atomic mass is 9.97. The summed E-state index contributed by atoms with van der Waals surface area (Å²) in [7, 11) is 0. The molecular formula is C37H30Br2O3S. The van der Waals surface area contributed by atoms with Gasteiger partial charge in [-0.3, -0.25) is 0 Å². The molecule has 5 aromatic carbocycles. The molecule has 0 aliphatic carbocycles. The van der Waals surface area contributed by atoms with Gasteiger partial charge in [0, 0.05) is 30.7 Å². The number of esters is 1. The third-order valence-electron chi connectivity index (χ3n) is 6.72. The van der Waals surface area contributed by atoms with Crippen molar-refractivity contribution in [1.29, 1.82) is 0 Å². The average Bonchev–Trinajstić information content (AvgIpc) is 3.04. The Labute approximate surface area is 274 Å². The van der Waals surface area contributed by atoms with Gasteiger partial charge in [-0.2, -0.15) is 0 Å². The summed E-state index contributed by atoms with van der Waals surface area (Å²) in [5.41, 5.74) is 7.38. The Morgan fingerprint density at radius 1 is 0.721 bits per heavy atom. The van der Waals surface area contributed by atoms with E-state index in [1.54, 1.807) is 18.7 Å². The van der Waals surface area contributed by atoms with Gasteiger partial charge in [0.2, 0.25) is 0 Å². The van der Waals surface area contributed by atoms with E-state index in [-0.39, 0.29) is 6.61 Å². The highest BCUT2D eigenvalue weighted by molar-refractivity contribution is 9.10. The monoisotopic (exact) mass is 712 g/mol. The van der Waals surface area contributed by atoms with Crippen LogP contribution < -0.4 is 4.74 Å². The second kappa shape index (κ2) is 15.2. The number of carbonyl (C=O) groups excluding carboxylic acids is 1. The lowest BCUT2D eigenvalue weighted by Gasteiger charge is -2.18. The van der Waals surface area contributed by atoms with Gasteiger partial charge in [-0.1, -0.05) is 123 Å². The molecule has 0 aliphatic heterocycles. The molecule has 0 N–H and O–H groups in total. The molecule has 5 rings (SSSR count). The van der Waals surface area contributed by atoms with Gasteiger partial charge in [0.05, 0.1) is 6.61 Å². The minimum atomic E-state index is -0.391. The lowest BCUT2D eigenvalue weighted by Crippen LogP contribution is -2.15. The Balaban J connectivity index is 1.55. The number of halogens is 2. The third-order valence-corrected chi connectivity index (χ3v) is 8.68. The molecule has 0 unspecified atom stereocenters. The van der Waals surface area contributed by atoms with Crippen molar-refractivity contribution in [2.24, 2.45) is 0 Å². The SMILES string of the molecule is CCOC(=O)COc1c(-c2ccccc2)cc(SCC=C(c2ccc(Br)cc2)c2ccc(Br)cc2)cc1-c1ccccc1. The molecule has 0 saturated heterocycles. The number of ether oxygens (including phenoxy) is 2. The van der Waals surface area contributed by atoms with Gasteiger partial charge in [0.25, 0.3) is 0 Å². The van der Waals surface area contributed by atoms with E-state index in [4.69, 9.17) is 9.47 Å². The number of thioether (sulfide) groups is 1. The van der Waals surface area contributed by atoms with E-state index < -0.39 is 5.97 Å². The van der Waals surface area contributed by atoms with Gasteiger partial charge in [0.15, 0.2) is 6.61 Å². The van der Waals surface area contributed by atoms with Crippen LogP contribution >= 0.6 is 43.6 Å². The van der Waals surface area contributed by atoms with E-state index in [1.807, 2.05) is 36.4 Å². The first-order valence-corrected chi connectivity index (χ1v) is 16.5. The lowest BCUT2D eigenvalue weighted by molar-refractivity contribution is -0.145. The predicted octanol–water partition coefficient (Wildman–Crippen LogP) is 10.7. The fraction of sp³-hybridized carbons (Fsp3) is 0.108. The van der Waals surface area contributed by atoms with Crippen LogP contribution in [-0.4, -0.2) is 24.9 Å². The van der Waals surface area contributed by atoms with Crippen molar-refractivity contribution in [2.75, 3.05) is 19.0 Å². The topological polar surface area (TPSA) is 35.5 Å². The maximum absolute atomic E-state index is 12.3. The zero-order valence-corrected chi connectivity index (χ0v) is 27.6. The molecule has 0 bridgehead atoms. The summed E-state index contributed by atoms with van der Waals surface area (Å²) in [5, 5.41) is 0. The first kappa shape index (κ1) is 30.9. The smallest absolute Gasteiger partial charge is 0.344 e. The standard InChI is InChI=1S/C37H30Br2O3S/c1-2-41-36(40)25-42-37-34(26-9-5-3-6-10-26)23-32(24-35(37)27-11-7-4-8-12-27)43-22-21-33(28-13-17-30(38)18-14-28)29-15-19-31(39)20-16-29/h3-21,23-24H,2,22,25H2,1H3. The van der Waals surface area contributed by atoms with Crippen LogP contribution in [0.4, 0.5) is 0 Å². The second-order valence-corrected chi connectivity index (χ2v) is 12.5. The highest BCUT2D eigenvalue weighted by atomic mass is 79.9. The van der Waals surface area contributed by atoms with Gasteiger partial charge in [-0.25, -0.2) is 4.79 Å². The number of rotatable bonds is 11. The van der Waals surface area contributed by atoms with Crippen LogP contribution in [0.5, 0.6) is 5.75 Å². The Morgan fingerprint density at radius 2 is 1.21 bits per heavy atom. The zero-order valence-electron chi connectivity index (χ0n) is 23.6. The Morgan fingerprint density at radius 3 is 1.67 bits per heavy atom. The summed E-state index contributed by atoms with van der Waals surface area (Å²) in [6, 6.07) is 41.4. The minimum absolute atomic E-state index is 0.160. The number of hydrogen-bond donors (Lipinski definition) is 0. The summed E-state index contributed by atoms with van der Waals surface area (Å²) >= 11 is 8.89. The van der Waals surface area contributed by atoms with Crippen molar-refractivity contribution < 1.29 is 14.3 Å². The molecule has 0 saturated carbocycles. The molecule has 6 heteroatoms. The summed E-state index contributed by atoms with van der Waals surface area (Å²) < 4.78 is 13.5. The molecule has 216 valence electrons. The van der Waals surface area contributed by atoms with E-state index in [0.717, 1.165) is 53.0 Å². The summed E-state index contributed by atoms with van der Waals surface area (Å²) in [4.78, 5) is 13.4. The van der Waals surface area contributed by atoms with Crippen LogP contribution in [0.2, 0.25) is 0 Å². The normalized spacial score (nSPS) is 10.7. The molecule has 43 heavy (non-hydrogen) atoms. The van der Waals surface area contributed by atoms with Crippen LogP contribution in [-0.2, 0) is 9.53 Å². The molecule has 0 aromatic heterocycles. The van der Waals surface area contributed by atoms with Gasteiger partial charge >= 0.3 is 5.97 Å². The molecule has 0 heterocycles. The third kappa shape index (κ3) is 8.29. The van der Waals surface area contributed by atoms with E-state index in [1.165, 1.54) is 5.57 Å². The van der Waals surface area contributed by atoms with Crippen molar-refractivity contribution in [3.63, 3.8) is 0 Å². The summed E-state index contributed by atoms with van der Waals surface area (Å²) in [5.74, 6) is 1.03. The van der Waals surface area contributed by atoms with Crippen molar-refractivity contribution >= 4 is 55.2 Å². The Kier molecular flexibility index (Phi) is 10.9. The maximum atomic E-state index is 12.3. The van der Waals surface area contributed by atoms with Crippen LogP contribution in [0, 0.1) is 0 Å². The second-order valence-electron chi connectivity index (χ2n) is 9.62. The van der Waals surface area contributed by atoms with E-state index in [0.29, 0.717) is 12.4 Å². The predicted molar refractivity (Wildman–Crippen MR) is 186 cm³/mol. The molecule has 0 aliphatic rings. The molecule has 0 amide bonds. The molecule has 0 fully saturated rings. The van der Waals surface area contributed by atoms with E-state index in [2.05, 4.69) is 123 Å². The summed E-state index contributed by atoms with van der Waals surface area (Å²) in [6.07, 6.45) is 2.28.